The number of sulfone groups is 1. The zero-order chi connectivity index (χ0) is 18.1. The first-order valence-corrected chi connectivity index (χ1v) is 9.98. The summed E-state index contributed by atoms with van der Waals surface area (Å²) in [5, 5.41) is 5.88. The Balaban J connectivity index is 1.77. The highest BCUT2D eigenvalue weighted by Crippen LogP contribution is 2.23. The molecule has 0 spiro atoms. The molecule has 2 heterocycles. The minimum absolute atomic E-state index is 0.0572. The predicted molar refractivity (Wildman–Crippen MR) is 95.9 cm³/mol. The SMILES string of the molecule is CC(C)(C)n1nc(COc2ccccc2)nc1C[C@@H]1C=CS(=O)(=O)C1. The van der Waals surface area contributed by atoms with Crippen LogP contribution in [0.15, 0.2) is 41.8 Å². The van der Waals surface area contributed by atoms with Gasteiger partial charge in [0.25, 0.3) is 0 Å². The van der Waals surface area contributed by atoms with Crippen LogP contribution in [0.1, 0.15) is 32.4 Å². The van der Waals surface area contributed by atoms with Crippen LogP contribution in [0.4, 0.5) is 0 Å². The molecule has 6 nitrogen and oxygen atoms in total. The maximum absolute atomic E-state index is 11.6. The summed E-state index contributed by atoms with van der Waals surface area (Å²) in [6, 6.07) is 9.52. The van der Waals surface area contributed by atoms with Crippen LogP contribution in [0.2, 0.25) is 0 Å². The molecule has 0 saturated heterocycles. The van der Waals surface area contributed by atoms with Gasteiger partial charge in [0.2, 0.25) is 0 Å². The third kappa shape index (κ3) is 4.48. The van der Waals surface area contributed by atoms with Gasteiger partial charge >= 0.3 is 0 Å². The largest absolute Gasteiger partial charge is 0.486 e. The number of benzene rings is 1. The standard InChI is InChI=1S/C18H23N3O3S/c1-18(2,3)21-17(11-14-9-10-25(22,23)13-14)19-16(20-21)12-24-15-7-5-4-6-8-15/h4-10,14H,11-13H2,1-3H3/t14-/m0/s1. The first-order chi connectivity index (χ1) is 11.7. The molecule has 0 N–H and O–H groups in total. The average molecular weight is 361 g/mol. The number of nitrogens with zero attached hydrogens (tertiary/aromatic N) is 3. The fraction of sp³-hybridized carbons (Fsp3) is 0.444. The molecule has 7 heteroatoms. The summed E-state index contributed by atoms with van der Waals surface area (Å²) in [5.41, 5.74) is -0.242. The molecule has 0 amide bonds. The first kappa shape index (κ1) is 17.7. The molecule has 1 aliphatic rings. The van der Waals surface area contributed by atoms with Crippen LogP contribution in [0.5, 0.6) is 5.75 Å². The van der Waals surface area contributed by atoms with Gasteiger partial charge in [0.15, 0.2) is 15.7 Å². The number of hydrogen-bond donors (Lipinski definition) is 0. The third-order valence-electron chi connectivity index (χ3n) is 3.91. The van der Waals surface area contributed by atoms with Gasteiger partial charge in [-0.15, -0.1) is 0 Å². The van der Waals surface area contributed by atoms with Crippen molar-refractivity contribution >= 4 is 9.84 Å². The van der Waals surface area contributed by atoms with Crippen molar-refractivity contribution in [1.82, 2.24) is 14.8 Å². The lowest BCUT2D eigenvalue weighted by Gasteiger charge is -2.21. The lowest BCUT2D eigenvalue weighted by Crippen LogP contribution is -2.27. The summed E-state index contributed by atoms with van der Waals surface area (Å²) >= 11 is 0. The average Bonchev–Trinajstić information content (AvgIpc) is 3.09. The van der Waals surface area contributed by atoms with Gasteiger partial charge in [0, 0.05) is 11.8 Å². The Morgan fingerprint density at radius 3 is 2.56 bits per heavy atom. The highest BCUT2D eigenvalue weighted by atomic mass is 32.2. The summed E-state index contributed by atoms with van der Waals surface area (Å²) in [5.74, 6) is 2.23. The van der Waals surface area contributed by atoms with E-state index in [9.17, 15) is 8.42 Å². The fourth-order valence-corrected chi connectivity index (χ4v) is 4.19. The minimum atomic E-state index is -3.07. The predicted octanol–water partition coefficient (Wildman–Crippen LogP) is 2.71. The van der Waals surface area contributed by atoms with Crippen molar-refractivity contribution in [3.05, 3.63) is 53.5 Å². The summed E-state index contributed by atoms with van der Waals surface area (Å²) < 4.78 is 30.9. The minimum Gasteiger partial charge on any atom is -0.486 e. The summed E-state index contributed by atoms with van der Waals surface area (Å²) in [7, 11) is -3.07. The van der Waals surface area contributed by atoms with Crippen LogP contribution >= 0.6 is 0 Å². The van der Waals surface area contributed by atoms with Crippen LogP contribution in [-0.2, 0) is 28.4 Å². The van der Waals surface area contributed by atoms with Crippen LogP contribution in [0.3, 0.4) is 0 Å². The zero-order valence-electron chi connectivity index (χ0n) is 14.7. The van der Waals surface area contributed by atoms with E-state index in [4.69, 9.17) is 4.74 Å². The number of para-hydroxylation sites is 1. The second kappa shape index (κ2) is 6.63. The molecule has 0 saturated carbocycles. The van der Waals surface area contributed by atoms with E-state index in [2.05, 4.69) is 10.1 Å². The van der Waals surface area contributed by atoms with Gasteiger partial charge < -0.3 is 4.74 Å². The number of hydrogen-bond acceptors (Lipinski definition) is 5. The van der Waals surface area contributed by atoms with E-state index < -0.39 is 9.84 Å². The topological polar surface area (TPSA) is 74.1 Å². The quantitative estimate of drug-likeness (QED) is 0.819. The summed E-state index contributed by atoms with van der Waals surface area (Å²) in [6.45, 7) is 6.43. The Hall–Kier alpha value is -2.15. The van der Waals surface area contributed by atoms with Gasteiger partial charge in [0.1, 0.15) is 18.2 Å². The van der Waals surface area contributed by atoms with Gasteiger partial charge in [-0.3, -0.25) is 0 Å². The molecule has 1 aliphatic heterocycles. The second-order valence-electron chi connectivity index (χ2n) is 7.25. The van der Waals surface area contributed by atoms with E-state index >= 15 is 0 Å². The highest BCUT2D eigenvalue weighted by Gasteiger charge is 2.27. The van der Waals surface area contributed by atoms with Crippen LogP contribution in [0, 0.1) is 5.92 Å². The first-order valence-electron chi connectivity index (χ1n) is 8.27. The lowest BCUT2D eigenvalue weighted by molar-refractivity contribution is 0.288. The van der Waals surface area contributed by atoms with Gasteiger partial charge in [-0.05, 0) is 38.8 Å². The number of allylic oxidation sites excluding steroid dienone is 1. The Kier molecular flexibility index (Phi) is 4.69. The summed E-state index contributed by atoms with van der Waals surface area (Å²) in [6.07, 6.45) is 2.29. The smallest absolute Gasteiger partial charge is 0.188 e. The van der Waals surface area contributed by atoms with Crippen molar-refractivity contribution < 1.29 is 13.2 Å². The van der Waals surface area contributed by atoms with E-state index in [1.165, 1.54) is 5.41 Å². The molecule has 1 atom stereocenters. The number of aromatic nitrogens is 3. The highest BCUT2D eigenvalue weighted by molar-refractivity contribution is 7.94. The number of ether oxygens (including phenoxy) is 1. The Labute approximate surface area is 148 Å². The Morgan fingerprint density at radius 1 is 1.24 bits per heavy atom. The Morgan fingerprint density at radius 2 is 1.96 bits per heavy atom. The molecule has 0 fully saturated rings. The molecule has 3 rings (SSSR count). The molecule has 0 bridgehead atoms. The van der Waals surface area contributed by atoms with E-state index in [0.29, 0.717) is 12.2 Å². The van der Waals surface area contributed by atoms with Crippen molar-refractivity contribution in [1.29, 1.82) is 0 Å². The van der Waals surface area contributed by atoms with Crippen molar-refractivity contribution in [2.75, 3.05) is 5.75 Å². The lowest BCUT2D eigenvalue weighted by atomic mass is 10.1. The van der Waals surface area contributed by atoms with Crippen molar-refractivity contribution in [2.24, 2.45) is 5.92 Å². The maximum atomic E-state index is 11.6. The fourth-order valence-electron chi connectivity index (χ4n) is 2.79. The molecular formula is C18H23N3O3S. The van der Waals surface area contributed by atoms with E-state index in [1.54, 1.807) is 6.08 Å². The molecule has 2 aromatic rings. The van der Waals surface area contributed by atoms with Crippen molar-refractivity contribution in [2.45, 2.75) is 39.3 Å². The molecule has 1 aromatic carbocycles. The van der Waals surface area contributed by atoms with Crippen molar-refractivity contribution in [3.63, 3.8) is 0 Å². The van der Waals surface area contributed by atoms with E-state index in [1.807, 2.05) is 55.8 Å². The molecule has 0 unspecified atom stereocenters. The maximum Gasteiger partial charge on any atom is 0.188 e. The molecular weight excluding hydrogens is 338 g/mol. The zero-order valence-corrected chi connectivity index (χ0v) is 15.5. The molecule has 1 aromatic heterocycles. The monoisotopic (exact) mass is 361 g/mol. The van der Waals surface area contributed by atoms with E-state index in [-0.39, 0.29) is 23.8 Å². The van der Waals surface area contributed by atoms with E-state index in [0.717, 1.165) is 11.6 Å². The van der Waals surface area contributed by atoms with Crippen LogP contribution < -0.4 is 4.74 Å². The second-order valence-corrected chi connectivity index (χ2v) is 9.18. The van der Waals surface area contributed by atoms with Gasteiger partial charge in [0.05, 0.1) is 11.3 Å². The summed E-state index contributed by atoms with van der Waals surface area (Å²) in [4.78, 5) is 4.60. The van der Waals surface area contributed by atoms with Gasteiger partial charge in [-0.25, -0.2) is 18.1 Å². The van der Waals surface area contributed by atoms with Crippen LogP contribution in [-0.4, -0.2) is 28.9 Å². The molecule has 0 aliphatic carbocycles. The van der Waals surface area contributed by atoms with Gasteiger partial charge in [-0.1, -0.05) is 24.3 Å². The molecule has 134 valence electrons. The number of rotatable bonds is 5. The molecule has 25 heavy (non-hydrogen) atoms. The Bertz CT molecular complexity index is 865. The van der Waals surface area contributed by atoms with Crippen LogP contribution in [0.25, 0.3) is 0 Å². The van der Waals surface area contributed by atoms with Crippen molar-refractivity contribution in [3.8, 4) is 5.75 Å². The normalized spacial score (nSPS) is 19.2. The molecule has 0 radical (unpaired) electrons. The third-order valence-corrected chi connectivity index (χ3v) is 5.38. The van der Waals surface area contributed by atoms with Gasteiger partial charge in [-0.2, -0.15) is 5.10 Å².